The number of imidazole rings is 1. The SMILES string of the molecule is COc1ccc(C2SCC(=O)N2c2ccccc2-c2nc3ccc(C)cc3[nH]2)cc1OC. The van der Waals surface area contributed by atoms with Gasteiger partial charge in [-0.05, 0) is 54.4 Å². The molecule has 0 saturated carbocycles. The molecule has 1 saturated heterocycles. The van der Waals surface area contributed by atoms with Crippen LogP contribution in [0.4, 0.5) is 5.69 Å². The Morgan fingerprint density at radius 1 is 1.03 bits per heavy atom. The first kappa shape index (κ1) is 20.5. The first-order chi connectivity index (χ1) is 15.6. The van der Waals surface area contributed by atoms with Crippen molar-refractivity contribution in [3.63, 3.8) is 0 Å². The molecule has 0 aliphatic carbocycles. The molecule has 5 rings (SSSR count). The van der Waals surface area contributed by atoms with Crippen LogP contribution in [0.5, 0.6) is 11.5 Å². The second kappa shape index (κ2) is 8.24. The van der Waals surface area contributed by atoms with E-state index >= 15 is 0 Å². The number of benzene rings is 3. The zero-order chi connectivity index (χ0) is 22.2. The molecule has 1 aliphatic heterocycles. The van der Waals surface area contributed by atoms with Crippen LogP contribution in [0.15, 0.2) is 60.7 Å². The fourth-order valence-corrected chi connectivity index (χ4v) is 5.23. The summed E-state index contributed by atoms with van der Waals surface area (Å²) >= 11 is 1.60. The van der Waals surface area contributed by atoms with Gasteiger partial charge in [-0.15, -0.1) is 11.8 Å². The molecule has 1 N–H and O–H groups in total. The van der Waals surface area contributed by atoms with E-state index in [1.807, 2.05) is 59.5 Å². The van der Waals surface area contributed by atoms with Gasteiger partial charge in [-0.25, -0.2) is 4.98 Å². The lowest BCUT2D eigenvalue weighted by molar-refractivity contribution is -0.115. The summed E-state index contributed by atoms with van der Waals surface area (Å²) in [6.07, 6.45) is 0. The summed E-state index contributed by atoms with van der Waals surface area (Å²) in [6.45, 7) is 2.06. The van der Waals surface area contributed by atoms with Gasteiger partial charge in [0, 0.05) is 5.56 Å². The quantitative estimate of drug-likeness (QED) is 0.449. The highest BCUT2D eigenvalue weighted by Gasteiger charge is 2.36. The van der Waals surface area contributed by atoms with E-state index in [9.17, 15) is 4.79 Å². The summed E-state index contributed by atoms with van der Waals surface area (Å²) in [5.41, 5.74) is 5.75. The summed E-state index contributed by atoms with van der Waals surface area (Å²) in [4.78, 5) is 23.1. The average molecular weight is 446 g/mol. The molecule has 7 heteroatoms. The van der Waals surface area contributed by atoms with E-state index in [-0.39, 0.29) is 11.3 Å². The number of fused-ring (bicyclic) bond motifs is 1. The average Bonchev–Trinajstić information content (AvgIpc) is 3.41. The third kappa shape index (κ3) is 3.48. The molecule has 1 atom stereocenters. The van der Waals surface area contributed by atoms with Crippen LogP contribution in [0.25, 0.3) is 22.4 Å². The molecule has 6 nitrogen and oxygen atoms in total. The smallest absolute Gasteiger partial charge is 0.238 e. The lowest BCUT2D eigenvalue weighted by atomic mass is 10.1. The van der Waals surface area contributed by atoms with E-state index in [4.69, 9.17) is 14.5 Å². The number of hydrogen-bond donors (Lipinski definition) is 1. The van der Waals surface area contributed by atoms with Crippen LogP contribution < -0.4 is 14.4 Å². The van der Waals surface area contributed by atoms with Crippen LogP contribution in [-0.4, -0.2) is 35.8 Å². The summed E-state index contributed by atoms with van der Waals surface area (Å²) in [7, 11) is 3.23. The van der Waals surface area contributed by atoms with Crippen molar-refractivity contribution in [3.05, 3.63) is 71.8 Å². The van der Waals surface area contributed by atoms with Gasteiger partial charge in [-0.3, -0.25) is 9.69 Å². The minimum atomic E-state index is -0.171. The van der Waals surface area contributed by atoms with Gasteiger partial charge in [0.25, 0.3) is 0 Å². The number of para-hydroxylation sites is 1. The van der Waals surface area contributed by atoms with Crippen LogP contribution in [0.3, 0.4) is 0 Å². The first-order valence-corrected chi connectivity index (χ1v) is 11.4. The number of hydrogen-bond acceptors (Lipinski definition) is 5. The summed E-state index contributed by atoms with van der Waals surface area (Å²) < 4.78 is 10.9. The van der Waals surface area contributed by atoms with Crippen LogP contribution in [0, 0.1) is 6.92 Å². The highest BCUT2D eigenvalue weighted by Crippen LogP contribution is 2.46. The monoisotopic (exact) mass is 445 g/mol. The van der Waals surface area contributed by atoms with Crippen LogP contribution in [-0.2, 0) is 4.79 Å². The predicted molar refractivity (Wildman–Crippen MR) is 128 cm³/mol. The number of aryl methyl sites for hydroxylation is 1. The van der Waals surface area contributed by atoms with Gasteiger partial charge in [0.05, 0.1) is 36.7 Å². The Bertz CT molecular complexity index is 1320. The Labute approximate surface area is 190 Å². The van der Waals surface area contributed by atoms with Gasteiger partial charge in [-0.1, -0.05) is 24.3 Å². The van der Waals surface area contributed by atoms with Crippen molar-refractivity contribution in [1.82, 2.24) is 9.97 Å². The second-order valence-corrected chi connectivity index (χ2v) is 8.73. The van der Waals surface area contributed by atoms with Crippen molar-refractivity contribution < 1.29 is 14.3 Å². The van der Waals surface area contributed by atoms with Gasteiger partial charge in [0.15, 0.2) is 11.5 Å². The molecular formula is C25H23N3O3S. The number of nitrogens with zero attached hydrogens (tertiary/aromatic N) is 2. The van der Waals surface area contributed by atoms with Crippen molar-refractivity contribution in [1.29, 1.82) is 0 Å². The number of methoxy groups -OCH3 is 2. The van der Waals surface area contributed by atoms with Crippen molar-refractivity contribution in [3.8, 4) is 22.9 Å². The van der Waals surface area contributed by atoms with Crippen LogP contribution >= 0.6 is 11.8 Å². The third-order valence-electron chi connectivity index (χ3n) is 5.62. The van der Waals surface area contributed by atoms with Crippen molar-refractivity contribution in [2.45, 2.75) is 12.3 Å². The molecule has 1 amide bonds. The third-order valence-corrected chi connectivity index (χ3v) is 6.83. The molecule has 1 fully saturated rings. The number of rotatable bonds is 5. The molecular weight excluding hydrogens is 422 g/mol. The van der Waals surface area contributed by atoms with E-state index < -0.39 is 0 Å². The maximum Gasteiger partial charge on any atom is 0.238 e. The molecule has 162 valence electrons. The Morgan fingerprint density at radius 3 is 2.66 bits per heavy atom. The molecule has 1 aliphatic rings. The van der Waals surface area contributed by atoms with Gasteiger partial charge < -0.3 is 14.5 Å². The number of H-pyrrole nitrogens is 1. The minimum absolute atomic E-state index is 0.0641. The number of nitrogens with one attached hydrogen (secondary N) is 1. The van der Waals surface area contributed by atoms with Gasteiger partial charge in [-0.2, -0.15) is 0 Å². The zero-order valence-electron chi connectivity index (χ0n) is 18.1. The Hall–Kier alpha value is -3.45. The number of aromatic amines is 1. The first-order valence-electron chi connectivity index (χ1n) is 10.3. The highest BCUT2D eigenvalue weighted by molar-refractivity contribution is 8.00. The maximum atomic E-state index is 13.1. The Kier molecular flexibility index (Phi) is 5.27. The van der Waals surface area contributed by atoms with Crippen molar-refractivity contribution >= 4 is 34.4 Å². The standard InChI is InChI=1S/C25H23N3O3S/c1-15-8-10-18-19(12-15)27-24(26-18)17-6-4-5-7-20(17)28-23(29)14-32-25(28)16-9-11-21(30-2)22(13-16)31-3/h4-13,25H,14H2,1-3H3,(H,26,27). The van der Waals surface area contributed by atoms with E-state index in [1.165, 1.54) is 5.56 Å². The normalized spacial score (nSPS) is 16.0. The largest absolute Gasteiger partial charge is 0.493 e. The molecule has 0 bridgehead atoms. The Balaban J connectivity index is 1.60. The minimum Gasteiger partial charge on any atom is -0.493 e. The number of amides is 1. The van der Waals surface area contributed by atoms with E-state index in [0.717, 1.165) is 33.7 Å². The summed E-state index contributed by atoms with van der Waals surface area (Å²) in [6, 6.07) is 19.8. The maximum absolute atomic E-state index is 13.1. The van der Waals surface area contributed by atoms with Gasteiger partial charge in [0.1, 0.15) is 11.2 Å². The molecule has 0 spiro atoms. The fourth-order valence-electron chi connectivity index (χ4n) is 4.07. The topological polar surface area (TPSA) is 67.5 Å². The molecule has 2 heterocycles. The second-order valence-electron chi connectivity index (χ2n) is 7.66. The number of ether oxygens (including phenoxy) is 2. The Morgan fingerprint density at radius 2 is 1.84 bits per heavy atom. The van der Waals surface area contributed by atoms with E-state index in [1.54, 1.807) is 26.0 Å². The van der Waals surface area contributed by atoms with Crippen LogP contribution in [0.2, 0.25) is 0 Å². The number of carbonyl (C=O) groups excluding carboxylic acids is 1. The van der Waals surface area contributed by atoms with Gasteiger partial charge in [0.2, 0.25) is 5.91 Å². The highest BCUT2D eigenvalue weighted by atomic mass is 32.2. The van der Waals surface area contributed by atoms with E-state index in [0.29, 0.717) is 17.3 Å². The number of thioether (sulfide) groups is 1. The van der Waals surface area contributed by atoms with Crippen molar-refractivity contribution in [2.75, 3.05) is 24.9 Å². The molecule has 1 aromatic heterocycles. The summed E-state index contributed by atoms with van der Waals surface area (Å²) in [5.74, 6) is 2.53. The predicted octanol–water partition coefficient (Wildman–Crippen LogP) is 5.33. The molecule has 4 aromatic rings. The zero-order valence-corrected chi connectivity index (χ0v) is 18.9. The molecule has 1 unspecified atom stereocenters. The van der Waals surface area contributed by atoms with E-state index in [2.05, 4.69) is 18.0 Å². The number of aromatic nitrogens is 2. The number of anilines is 1. The number of carbonyl (C=O) groups is 1. The molecule has 3 aromatic carbocycles. The van der Waals surface area contributed by atoms with Gasteiger partial charge >= 0.3 is 0 Å². The summed E-state index contributed by atoms with van der Waals surface area (Å²) in [5, 5.41) is -0.171. The lowest BCUT2D eigenvalue weighted by Crippen LogP contribution is -2.28. The van der Waals surface area contributed by atoms with Crippen molar-refractivity contribution in [2.24, 2.45) is 0 Å². The molecule has 32 heavy (non-hydrogen) atoms. The van der Waals surface area contributed by atoms with Crippen LogP contribution in [0.1, 0.15) is 16.5 Å². The lowest BCUT2D eigenvalue weighted by Gasteiger charge is -2.26. The fraction of sp³-hybridized carbons (Fsp3) is 0.200. The molecule has 0 radical (unpaired) electrons.